The number of rotatable bonds is 9. The molecule has 1 N–H and O–H groups in total. The number of alkyl halides is 1. The fraction of sp³-hybridized carbons (Fsp3) is 0.310. The van der Waals surface area contributed by atoms with Crippen molar-refractivity contribution in [1.82, 2.24) is 0 Å². The van der Waals surface area contributed by atoms with Crippen molar-refractivity contribution in [1.29, 1.82) is 0 Å². The number of phenols is 1. The zero-order valence-electron chi connectivity index (χ0n) is 18.5. The molecule has 0 unspecified atom stereocenters. The summed E-state index contributed by atoms with van der Waals surface area (Å²) in [6, 6.07) is 25.0. The van der Waals surface area contributed by atoms with Gasteiger partial charge in [-0.2, -0.15) is 0 Å². The first-order valence-electron chi connectivity index (χ1n) is 11.7. The van der Waals surface area contributed by atoms with Gasteiger partial charge in [-0.25, -0.2) is 0 Å². The van der Waals surface area contributed by atoms with E-state index >= 15 is 0 Å². The number of allylic oxidation sites excluding steroid dienone is 1. The summed E-state index contributed by atoms with van der Waals surface area (Å²) in [5, 5.41) is 10.1. The van der Waals surface area contributed by atoms with Crippen molar-refractivity contribution in [2.24, 2.45) is 0 Å². The van der Waals surface area contributed by atoms with Gasteiger partial charge in [-0.1, -0.05) is 61.4 Å². The van der Waals surface area contributed by atoms with Crippen LogP contribution in [-0.4, -0.2) is 17.6 Å². The first-order chi connectivity index (χ1) is 15.8. The van der Waals surface area contributed by atoms with Gasteiger partial charge in [0.25, 0.3) is 0 Å². The Morgan fingerprint density at radius 3 is 2.34 bits per heavy atom. The minimum absolute atomic E-state index is 0.334. The number of hydrogen-bond donors (Lipinski definition) is 1. The lowest BCUT2D eigenvalue weighted by atomic mass is 9.88. The molecule has 0 aliphatic heterocycles. The molecule has 0 aromatic heterocycles. The monoisotopic (exact) mass is 446 g/mol. The number of benzene rings is 3. The summed E-state index contributed by atoms with van der Waals surface area (Å²) in [4.78, 5) is 0. The Morgan fingerprint density at radius 1 is 0.781 bits per heavy atom. The largest absolute Gasteiger partial charge is 0.508 e. The van der Waals surface area contributed by atoms with E-state index < -0.39 is 0 Å². The van der Waals surface area contributed by atoms with Gasteiger partial charge in [0.1, 0.15) is 11.5 Å². The SMILES string of the molecule is Oc1ccc2c(c1)CCCC(c1ccccc1)=C2c1ccc(OCCCCCCCl)cc1. The van der Waals surface area contributed by atoms with Crippen molar-refractivity contribution >= 4 is 22.7 Å². The summed E-state index contributed by atoms with van der Waals surface area (Å²) in [6.07, 6.45) is 7.49. The number of aryl methyl sites for hydroxylation is 1. The maximum Gasteiger partial charge on any atom is 0.119 e. The molecule has 0 spiro atoms. The van der Waals surface area contributed by atoms with Gasteiger partial charge in [-0.15, -0.1) is 11.6 Å². The Bertz CT molecular complexity index is 1040. The summed E-state index contributed by atoms with van der Waals surface area (Å²) in [5.41, 5.74) is 7.50. The van der Waals surface area contributed by atoms with Crippen LogP contribution in [0, 0.1) is 0 Å². The highest BCUT2D eigenvalue weighted by Crippen LogP contribution is 2.40. The molecule has 0 heterocycles. The van der Waals surface area contributed by atoms with Crippen molar-refractivity contribution in [3.05, 3.63) is 95.1 Å². The highest BCUT2D eigenvalue weighted by atomic mass is 35.5. The van der Waals surface area contributed by atoms with E-state index in [1.165, 1.54) is 33.4 Å². The number of fused-ring (bicyclic) bond motifs is 1. The van der Waals surface area contributed by atoms with Gasteiger partial charge in [0, 0.05) is 5.88 Å². The molecule has 0 fully saturated rings. The Kier molecular flexibility index (Phi) is 7.90. The van der Waals surface area contributed by atoms with Crippen molar-refractivity contribution in [3.63, 3.8) is 0 Å². The van der Waals surface area contributed by atoms with Crippen LogP contribution in [0.3, 0.4) is 0 Å². The topological polar surface area (TPSA) is 29.5 Å². The number of unbranched alkanes of at least 4 members (excludes halogenated alkanes) is 3. The molecule has 0 atom stereocenters. The van der Waals surface area contributed by atoms with E-state index in [-0.39, 0.29) is 0 Å². The molecule has 4 rings (SSSR count). The number of ether oxygens (including phenoxy) is 1. The standard InChI is InChI=1S/C29H31ClO2/c30-19-6-1-2-7-20-32-26-16-13-23(14-17-26)29-27(22-9-4-3-5-10-22)12-8-11-24-21-25(31)15-18-28(24)29/h3-5,9-10,13-18,21,31H,1-2,6-8,11-12,19-20H2. The van der Waals surface area contributed by atoms with E-state index in [0.717, 1.165) is 63.2 Å². The second-order valence-electron chi connectivity index (χ2n) is 8.39. The van der Waals surface area contributed by atoms with Crippen LogP contribution in [0.15, 0.2) is 72.8 Å². The van der Waals surface area contributed by atoms with Crippen LogP contribution in [0.2, 0.25) is 0 Å². The van der Waals surface area contributed by atoms with Crippen LogP contribution in [0.5, 0.6) is 11.5 Å². The van der Waals surface area contributed by atoms with E-state index in [1.807, 2.05) is 6.07 Å². The summed E-state index contributed by atoms with van der Waals surface area (Å²) in [5.74, 6) is 1.99. The quantitative estimate of drug-likeness (QED) is 0.267. The number of phenolic OH excluding ortho intramolecular Hbond substituents is 1. The first kappa shape index (κ1) is 22.5. The molecule has 2 nitrogen and oxygen atoms in total. The van der Waals surface area contributed by atoms with Crippen LogP contribution in [0.4, 0.5) is 0 Å². The van der Waals surface area contributed by atoms with Gasteiger partial charge >= 0.3 is 0 Å². The molecule has 0 radical (unpaired) electrons. The van der Waals surface area contributed by atoms with Gasteiger partial charge in [-0.3, -0.25) is 0 Å². The lowest BCUT2D eigenvalue weighted by Crippen LogP contribution is -1.99. The fourth-order valence-electron chi connectivity index (χ4n) is 4.49. The predicted octanol–water partition coefficient (Wildman–Crippen LogP) is 7.87. The van der Waals surface area contributed by atoms with Crippen molar-refractivity contribution in [3.8, 4) is 11.5 Å². The summed E-state index contributed by atoms with van der Waals surface area (Å²) in [6.45, 7) is 0.738. The second-order valence-corrected chi connectivity index (χ2v) is 8.77. The second kappa shape index (κ2) is 11.2. The molecule has 32 heavy (non-hydrogen) atoms. The van der Waals surface area contributed by atoms with Crippen molar-refractivity contribution < 1.29 is 9.84 Å². The van der Waals surface area contributed by atoms with Gasteiger partial charge in [0.05, 0.1) is 6.61 Å². The molecule has 166 valence electrons. The molecule has 3 heteroatoms. The first-order valence-corrected chi connectivity index (χ1v) is 12.2. The maximum atomic E-state index is 10.1. The molecule has 1 aliphatic carbocycles. The lowest BCUT2D eigenvalue weighted by Gasteiger charge is -2.17. The van der Waals surface area contributed by atoms with E-state index in [1.54, 1.807) is 6.07 Å². The molecular formula is C29H31ClO2. The van der Waals surface area contributed by atoms with Gasteiger partial charge in [0.2, 0.25) is 0 Å². The molecule has 3 aromatic carbocycles. The predicted molar refractivity (Wildman–Crippen MR) is 135 cm³/mol. The molecule has 0 bridgehead atoms. The Hall–Kier alpha value is -2.71. The zero-order valence-corrected chi connectivity index (χ0v) is 19.3. The minimum Gasteiger partial charge on any atom is -0.508 e. The average Bonchev–Trinajstić information content (AvgIpc) is 3.01. The molecule has 0 saturated heterocycles. The maximum absolute atomic E-state index is 10.1. The van der Waals surface area contributed by atoms with Crippen molar-refractivity contribution in [2.75, 3.05) is 12.5 Å². The third-order valence-electron chi connectivity index (χ3n) is 6.09. The summed E-state index contributed by atoms with van der Waals surface area (Å²) in [7, 11) is 0. The van der Waals surface area contributed by atoms with Gasteiger partial charge in [-0.05, 0) is 89.8 Å². The Balaban J connectivity index is 1.63. The molecule has 0 saturated carbocycles. The molecular weight excluding hydrogens is 416 g/mol. The van der Waals surface area contributed by atoms with Gasteiger partial charge < -0.3 is 9.84 Å². The normalized spacial score (nSPS) is 13.5. The summed E-state index contributed by atoms with van der Waals surface area (Å²) >= 11 is 5.74. The van der Waals surface area contributed by atoms with E-state index in [4.69, 9.17) is 16.3 Å². The summed E-state index contributed by atoms with van der Waals surface area (Å²) < 4.78 is 5.97. The Labute approximate surface area is 196 Å². The average molecular weight is 447 g/mol. The highest BCUT2D eigenvalue weighted by molar-refractivity contribution is 6.17. The van der Waals surface area contributed by atoms with Crippen LogP contribution >= 0.6 is 11.6 Å². The van der Waals surface area contributed by atoms with Crippen LogP contribution in [-0.2, 0) is 6.42 Å². The third kappa shape index (κ3) is 5.55. The van der Waals surface area contributed by atoms with Gasteiger partial charge in [0.15, 0.2) is 0 Å². The van der Waals surface area contributed by atoms with Crippen LogP contribution in [0.25, 0.3) is 11.1 Å². The lowest BCUT2D eigenvalue weighted by molar-refractivity contribution is 0.305. The fourth-order valence-corrected chi connectivity index (χ4v) is 4.68. The number of hydrogen-bond acceptors (Lipinski definition) is 2. The van der Waals surface area contributed by atoms with Crippen molar-refractivity contribution in [2.45, 2.75) is 44.9 Å². The van der Waals surface area contributed by atoms with E-state index in [2.05, 4.69) is 60.7 Å². The van der Waals surface area contributed by atoms with Crippen LogP contribution < -0.4 is 4.74 Å². The third-order valence-corrected chi connectivity index (χ3v) is 6.36. The Morgan fingerprint density at radius 2 is 1.56 bits per heavy atom. The molecule has 1 aliphatic rings. The molecule has 3 aromatic rings. The van der Waals surface area contributed by atoms with Crippen LogP contribution in [0.1, 0.15) is 60.8 Å². The number of aromatic hydroxyl groups is 1. The number of halogens is 1. The smallest absolute Gasteiger partial charge is 0.119 e. The van der Waals surface area contributed by atoms with E-state index in [0.29, 0.717) is 5.75 Å². The molecule has 0 amide bonds. The van der Waals surface area contributed by atoms with E-state index in [9.17, 15) is 5.11 Å². The zero-order chi connectivity index (χ0) is 22.2. The highest BCUT2D eigenvalue weighted by Gasteiger charge is 2.20. The minimum atomic E-state index is 0.334.